The molecule has 1 amide bonds. The molecule has 0 aromatic rings. The highest BCUT2D eigenvalue weighted by Gasteiger charge is 2.79. The lowest BCUT2D eigenvalue weighted by Gasteiger charge is -2.71. The third kappa shape index (κ3) is 17.3. The summed E-state index contributed by atoms with van der Waals surface area (Å²) in [6.07, 6.45) is -39.7. The first-order valence-corrected chi connectivity index (χ1v) is 51.0. The van der Waals surface area contributed by atoms with E-state index in [1.165, 1.54) is 63.8 Å². The van der Waals surface area contributed by atoms with Crippen molar-refractivity contribution >= 4 is 24.3 Å². The number of ether oxygens (including phenoxy) is 15. The van der Waals surface area contributed by atoms with Gasteiger partial charge in [-0.15, -0.1) is 0 Å². The SMILES string of the molecule is CC(C)CCC[C@@H](C)[C@H]1CC[C@H]2[C@@H]3CC[C@H]4C[C@@H](OC(=O)N(C)[C@H]5C(CO)O[C@@H]6C(OC6(OC(=O)[C@]67CCC(C)(C)CC6C6=CCC8C9(C)CC[C@H](O[C@@H]%10OC(C(=O)O)[C@@H](O)[C@H](O[C@@H]%11OC[C@@H](O)[C@H](O)C%11O)C%10O[C@@H]%10OC(CO)[C@H](O)[C@H](O)C%10O)[C@](C)(C=O)[C@@H]9CC[C@]8(C)[C@]6(C)CC7O)[C@@H]6OC(C)[C@H](O[C@@H]7OC[C@@H](O)C(O[C@@H]8OC[C@](O)(CO)C8O)C7O)C(O)C6O)C5O)CC[C@]4(C)[C@H]3CC[C@]12C. The molecule has 8 saturated heterocycles. The largest absolute Gasteiger partial charge is 0.479 e. The van der Waals surface area contributed by atoms with Crippen LogP contribution in [0.1, 0.15) is 218 Å². The summed E-state index contributed by atoms with van der Waals surface area (Å²) in [7, 11) is 1.44. The van der Waals surface area contributed by atoms with E-state index >= 15 is 4.79 Å². The first-order valence-electron chi connectivity index (χ1n) is 51.0. The van der Waals surface area contributed by atoms with Crippen LogP contribution < -0.4 is 0 Å². The monoisotopic (exact) mass is 1970 g/mol. The Morgan fingerprint density at radius 1 is 0.572 bits per heavy atom. The molecule has 0 radical (unpaired) electrons. The van der Waals surface area contributed by atoms with Gasteiger partial charge in [0.25, 0.3) is 5.79 Å². The van der Waals surface area contributed by atoms with Gasteiger partial charge in [-0.1, -0.05) is 107 Å². The number of rotatable bonds is 25. The van der Waals surface area contributed by atoms with Crippen LogP contribution in [-0.4, -0.2) is 387 Å². The fourth-order valence-electron chi connectivity index (χ4n) is 31.2. The average molecular weight is 1970 g/mol. The number of carboxylic acids is 1. The van der Waals surface area contributed by atoms with Crippen LogP contribution in [0, 0.1) is 102 Å². The van der Waals surface area contributed by atoms with Crippen molar-refractivity contribution in [1.82, 2.24) is 4.90 Å². The number of aliphatic carboxylic acids is 1. The molecule has 9 aliphatic carbocycles. The second kappa shape index (κ2) is 39.1. The molecular formula is C99H157NO38. The number of esters is 1. The molecule has 19 unspecified atom stereocenters. The maximum Gasteiger partial charge on any atom is 0.410 e. The van der Waals surface area contributed by atoms with Gasteiger partial charge in [0.05, 0.1) is 69.4 Å². The molecule has 0 bridgehead atoms. The minimum Gasteiger partial charge on any atom is -0.479 e. The van der Waals surface area contributed by atoms with E-state index in [0.29, 0.717) is 92.3 Å². The van der Waals surface area contributed by atoms with Crippen LogP contribution in [-0.2, 0) is 85.4 Å². The van der Waals surface area contributed by atoms with Gasteiger partial charge in [0.15, 0.2) is 49.8 Å². The van der Waals surface area contributed by atoms with Gasteiger partial charge in [0, 0.05) is 7.05 Å². The van der Waals surface area contributed by atoms with Gasteiger partial charge < -0.3 is 178 Å². The lowest BCUT2D eigenvalue weighted by molar-refractivity contribution is -0.474. The van der Waals surface area contributed by atoms with Crippen LogP contribution in [0.25, 0.3) is 0 Å². The molecule has 138 heavy (non-hydrogen) atoms. The number of carboxylic acid groups (broad SMARTS) is 1. The molecule has 16 fully saturated rings. The van der Waals surface area contributed by atoms with Crippen LogP contribution in [0.4, 0.5) is 4.79 Å². The predicted octanol–water partition coefficient (Wildman–Crippen LogP) is 0.987. The summed E-state index contributed by atoms with van der Waals surface area (Å²) in [4.78, 5) is 60.9. The zero-order valence-electron chi connectivity index (χ0n) is 81.8. The first kappa shape index (κ1) is 106. The number of likely N-dealkylation sites (N-methyl/N-ethyl adjacent to an activating group) is 1. The van der Waals surface area contributed by atoms with Crippen LogP contribution in [0.5, 0.6) is 0 Å². The van der Waals surface area contributed by atoms with Gasteiger partial charge in [0.1, 0.15) is 145 Å². The van der Waals surface area contributed by atoms with E-state index < -0.39 is 316 Å². The normalized spacial score (nSPS) is 53.7. The van der Waals surface area contributed by atoms with Crippen LogP contribution in [0.3, 0.4) is 0 Å². The molecule has 8 heterocycles. The van der Waals surface area contributed by atoms with Gasteiger partial charge in [-0.25, -0.2) is 9.59 Å². The van der Waals surface area contributed by atoms with Crippen molar-refractivity contribution in [1.29, 1.82) is 0 Å². The lowest BCUT2D eigenvalue weighted by atomic mass is 9.33. The molecule has 17 rings (SSSR count). The molecule has 39 nitrogen and oxygen atoms in total. The molecule has 0 aromatic heterocycles. The topological polar surface area (TPSA) is 594 Å². The molecule has 0 spiro atoms. The lowest BCUT2D eigenvalue weighted by Crippen LogP contribution is -2.84. The van der Waals surface area contributed by atoms with E-state index in [9.17, 15) is 111 Å². The number of allylic oxidation sites excluding steroid dienone is 2. The van der Waals surface area contributed by atoms with E-state index in [-0.39, 0.29) is 30.6 Å². The Kier molecular flexibility index (Phi) is 30.0. The van der Waals surface area contributed by atoms with E-state index in [0.717, 1.165) is 37.0 Å². The number of nitrogens with zero attached hydrogens (tertiary/aromatic N) is 1. The zero-order valence-corrected chi connectivity index (χ0v) is 81.8. The summed E-state index contributed by atoms with van der Waals surface area (Å²) in [6, 6.07) is -1.38. The Hall–Kier alpha value is -3.62. The molecule has 19 N–H and O–H groups in total. The zero-order chi connectivity index (χ0) is 99.8. The number of aldehydes is 1. The molecule has 51 atom stereocenters. The summed E-state index contributed by atoms with van der Waals surface area (Å²) in [5.41, 5.74) is -7.28. The minimum absolute atomic E-state index is 0.0156. The number of aliphatic hydroxyl groups is 18. The number of hydrogen-bond acceptors (Lipinski definition) is 37. The molecular weight excluding hydrogens is 1810 g/mol. The van der Waals surface area contributed by atoms with Crippen molar-refractivity contribution in [3.05, 3.63) is 11.6 Å². The Morgan fingerprint density at radius 2 is 1.23 bits per heavy atom. The third-order valence-electron chi connectivity index (χ3n) is 39.4. The predicted molar refractivity (Wildman–Crippen MR) is 475 cm³/mol. The van der Waals surface area contributed by atoms with Gasteiger partial charge >= 0.3 is 18.0 Å². The second-order valence-corrected chi connectivity index (χ2v) is 47.6. The van der Waals surface area contributed by atoms with Crippen LogP contribution in [0.15, 0.2) is 11.6 Å². The molecule has 17 aliphatic rings. The number of carbonyl (C=O) groups excluding carboxylic acids is 3. The highest BCUT2D eigenvalue weighted by Crippen LogP contribution is 2.77. The molecule has 786 valence electrons. The third-order valence-corrected chi connectivity index (χ3v) is 39.4. The summed E-state index contributed by atoms with van der Waals surface area (Å²) in [5, 5.41) is 217. The first-order chi connectivity index (χ1) is 64.9. The fourth-order valence-corrected chi connectivity index (χ4v) is 31.2. The highest BCUT2D eigenvalue weighted by atomic mass is 16.8. The standard InChI is InChI=1S/C99H157NO38/c1-43(2)15-14-16-44(3)49-19-20-50-48-18-17-46-33-47(23-27-91(46,7)51(48)24-28-92(49,50)8)128-89(122)100(13)62-56(36-101)129-81-76(65(62)110)137-99(81,80-68(113)67(112)73(45(4)127-80)132-84-72(117)74(55(106)39-125-84)133-87-79(118)97(123,41-104)42-126-87)138-88(121)98-32-31-90(5,6)34-53(98)52-21-22-59-93(9)29-26-61(94(10,40-103)58(93)25-30-95(59,11)96(52,12)35-60(98)107)131-86-78(136-85-70(115)66(111)64(109)57(37-102)130-85)75(71(116)77(135-86)82(119)120)134-83-69(114)63(108)54(105)38-124-83/h21,40,43-51,53-81,83-87,101-102,104-118,123H,14-20,22-39,41-42H2,1-13H3,(H,119,120)/t44-,45?,46+,47+,48+,49-,50+,51+,53?,54-,55-,56?,57?,58-,59?,60?,61+,62+,63+,64+,65?,66+,67?,68?,69?,70?,71+,72?,73+,74?,75+,76?,77?,78?,79?,80-,81-,83+,84+,85+,86-,87+,91+,92-,93?,94-,95+,96-,97-,98-,99?/m1/s1. The maximum absolute atomic E-state index is 17.0. The van der Waals surface area contributed by atoms with E-state index in [1.807, 2.05) is 0 Å². The summed E-state index contributed by atoms with van der Waals surface area (Å²) in [5.74, 6) is -2.86. The van der Waals surface area contributed by atoms with Crippen molar-refractivity contribution in [2.24, 2.45) is 102 Å². The minimum atomic E-state index is -2.71. The van der Waals surface area contributed by atoms with E-state index in [4.69, 9.17) is 71.1 Å². The number of carbonyl (C=O) groups is 4. The van der Waals surface area contributed by atoms with Gasteiger partial charge in [-0.2, -0.15) is 0 Å². The molecule has 8 saturated carbocycles. The number of aliphatic hydroxyl groups excluding tert-OH is 17. The second-order valence-electron chi connectivity index (χ2n) is 47.6. The Balaban J connectivity index is 0.639. The molecule has 39 heteroatoms. The van der Waals surface area contributed by atoms with Crippen molar-refractivity contribution in [3.8, 4) is 0 Å². The highest BCUT2D eigenvalue weighted by molar-refractivity contribution is 5.80. The summed E-state index contributed by atoms with van der Waals surface area (Å²) in [6.45, 7) is 21.4. The van der Waals surface area contributed by atoms with Crippen molar-refractivity contribution in [3.63, 3.8) is 0 Å². The Morgan fingerprint density at radius 3 is 1.91 bits per heavy atom. The van der Waals surface area contributed by atoms with Crippen LogP contribution in [0.2, 0.25) is 0 Å². The molecule has 0 aromatic carbocycles. The van der Waals surface area contributed by atoms with E-state index in [2.05, 4.69) is 75.3 Å². The van der Waals surface area contributed by atoms with Crippen molar-refractivity contribution < 1.29 is 187 Å². The number of amides is 1. The number of hydrogen-bond donors (Lipinski definition) is 19. The van der Waals surface area contributed by atoms with Crippen LogP contribution >= 0.6 is 0 Å². The maximum atomic E-state index is 17.0. The van der Waals surface area contributed by atoms with Crippen molar-refractivity contribution in [2.45, 2.75) is 432 Å². The number of fused-ring (bicyclic) bond motifs is 13. The van der Waals surface area contributed by atoms with E-state index in [1.54, 1.807) is 6.92 Å². The fraction of sp³-hybridized carbons (Fsp3) is 0.939. The van der Waals surface area contributed by atoms with Crippen molar-refractivity contribution in [2.75, 3.05) is 46.7 Å². The molecule has 8 aliphatic heterocycles. The van der Waals surface area contributed by atoms with Gasteiger partial charge in [0.2, 0.25) is 0 Å². The quantitative estimate of drug-likeness (QED) is 0.0262. The van der Waals surface area contributed by atoms with Gasteiger partial charge in [-0.3, -0.25) is 4.79 Å². The Bertz CT molecular complexity index is 4320. The Labute approximate surface area is 805 Å². The summed E-state index contributed by atoms with van der Waals surface area (Å²) >= 11 is 0. The average Bonchev–Trinajstić information content (AvgIpc) is 0.845. The smallest absolute Gasteiger partial charge is 0.410 e. The van der Waals surface area contributed by atoms with Gasteiger partial charge in [-0.05, 0) is 214 Å². The summed E-state index contributed by atoms with van der Waals surface area (Å²) < 4.78 is 94.0.